The lowest BCUT2D eigenvalue weighted by Gasteiger charge is -2.13. The number of rotatable bonds is 5. The second-order valence-corrected chi connectivity index (χ2v) is 7.42. The van der Waals surface area contributed by atoms with E-state index in [-0.39, 0.29) is 0 Å². The van der Waals surface area contributed by atoms with Crippen LogP contribution in [0.5, 0.6) is 17.2 Å². The number of hydrogen-bond donors (Lipinski definition) is 0. The molecular formula is C18H15BrN4O3S. The fraction of sp³-hybridized carbons (Fsp3) is 0.167. The molecule has 0 aliphatic carbocycles. The minimum absolute atomic E-state index is 0.544. The zero-order valence-electron chi connectivity index (χ0n) is 14.8. The zero-order chi connectivity index (χ0) is 19.0. The van der Waals surface area contributed by atoms with E-state index in [9.17, 15) is 0 Å². The van der Waals surface area contributed by atoms with Crippen molar-refractivity contribution >= 4 is 32.2 Å². The van der Waals surface area contributed by atoms with E-state index in [1.807, 2.05) is 36.4 Å². The Morgan fingerprint density at radius 1 is 0.889 bits per heavy atom. The number of fused-ring (bicyclic) bond motifs is 1. The van der Waals surface area contributed by atoms with Crippen molar-refractivity contribution in [2.24, 2.45) is 0 Å². The van der Waals surface area contributed by atoms with Gasteiger partial charge in [-0.3, -0.25) is 0 Å². The summed E-state index contributed by atoms with van der Waals surface area (Å²) in [4.78, 5) is 0.705. The Hall–Kier alpha value is -2.65. The molecule has 0 bridgehead atoms. The smallest absolute Gasteiger partial charge is 0.235 e. The normalized spacial score (nSPS) is 11.0. The van der Waals surface area contributed by atoms with Crippen molar-refractivity contribution < 1.29 is 14.2 Å². The Bertz CT molecular complexity index is 1080. The predicted octanol–water partition coefficient (Wildman–Crippen LogP) is 4.31. The van der Waals surface area contributed by atoms with Crippen LogP contribution < -0.4 is 14.2 Å². The van der Waals surface area contributed by atoms with E-state index in [1.54, 1.807) is 25.8 Å². The van der Waals surface area contributed by atoms with Crippen molar-refractivity contribution in [3.8, 4) is 39.2 Å². The first kappa shape index (κ1) is 17.7. The van der Waals surface area contributed by atoms with Gasteiger partial charge in [-0.1, -0.05) is 39.4 Å². The summed E-state index contributed by atoms with van der Waals surface area (Å²) in [5.41, 5.74) is 1.79. The van der Waals surface area contributed by atoms with Crippen molar-refractivity contribution in [2.45, 2.75) is 0 Å². The number of ether oxygens (including phenoxy) is 3. The van der Waals surface area contributed by atoms with Crippen LogP contribution in [0.4, 0.5) is 0 Å². The van der Waals surface area contributed by atoms with E-state index >= 15 is 0 Å². The molecule has 0 saturated heterocycles. The molecule has 0 amide bonds. The fourth-order valence-electron chi connectivity index (χ4n) is 2.72. The lowest BCUT2D eigenvalue weighted by molar-refractivity contribution is 0.324. The molecule has 9 heteroatoms. The van der Waals surface area contributed by atoms with Gasteiger partial charge in [0.1, 0.15) is 5.01 Å². The zero-order valence-corrected chi connectivity index (χ0v) is 17.2. The maximum atomic E-state index is 5.43. The first-order valence-electron chi connectivity index (χ1n) is 7.93. The van der Waals surface area contributed by atoms with Crippen molar-refractivity contribution in [1.82, 2.24) is 19.8 Å². The summed E-state index contributed by atoms with van der Waals surface area (Å²) in [6, 6.07) is 11.6. The fourth-order valence-corrected chi connectivity index (χ4v) is 3.81. The molecule has 0 aliphatic heterocycles. The third-order valence-corrected chi connectivity index (χ3v) is 5.48. The van der Waals surface area contributed by atoms with Gasteiger partial charge in [-0.2, -0.15) is 9.61 Å². The average molecular weight is 447 g/mol. The average Bonchev–Trinajstić information content (AvgIpc) is 3.28. The van der Waals surface area contributed by atoms with Crippen LogP contribution in [0, 0.1) is 0 Å². The van der Waals surface area contributed by atoms with Gasteiger partial charge in [0.2, 0.25) is 10.7 Å². The van der Waals surface area contributed by atoms with Crippen LogP contribution >= 0.6 is 27.3 Å². The maximum Gasteiger partial charge on any atom is 0.235 e. The molecule has 0 unspecified atom stereocenters. The quantitative estimate of drug-likeness (QED) is 0.454. The number of nitrogens with zero attached hydrogens (tertiary/aromatic N) is 4. The molecule has 138 valence electrons. The maximum absolute atomic E-state index is 5.43. The first-order chi connectivity index (χ1) is 13.1. The summed E-state index contributed by atoms with van der Waals surface area (Å²) in [5.74, 6) is 2.38. The van der Waals surface area contributed by atoms with E-state index in [4.69, 9.17) is 19.3 Å². The van der Waals surface area contributed by atoms with Crippen LogP contribution in [0.2, 0.25) is 0 Å². The second-order valence-electron chi connectivity index (χ2n) is 5.55. The summed E-state index contributed by atoms with van der Waals surface area (Å²) in [5, 5.41) is 14.0. The van der Waals surface area contributed by atoms with Crippen molar-refractivity contribution in [2.75, 3.05) is 21.3 Å². The van der Waals surface area contributed by atoms with E-state index in [0.717, 1.165) is 20.6 Å². The highest BCUT2D eigenvalue weighted by Gasteiger charge is 2.18. The summed E-state index contributed by atoms with van der Waals surface area (Å²) in [6.07, 6.45) is 0. The lowest BCUT2D eigenvalue weighted by atomic mass is 10.2. The molecule has 0 spiro atoms. The molecule has 0 saturated carbocycles. The molecule has 2 aromatic heterocycles. The van der Waals surface area contributed by atoms with Crippen LogP contribution in [-0.2, 0) is 0 Å². The van der Waals surface area contributed by atoms with Gasteiger partial charge in [-0.15, -0.1) is 10.2 Å². The summed E-state index contributed by atoms with van der Waals surface area (Å²) >= 11 is 4.88. The van der Waals surface area contributed by atoms with Crippen LogP contribution in [0.25, 0.3) is 26.9 Å². The van der Waals surface area contributed by atoms with Gasteiger partial charge >= 0.3 is 0 Å². The van der Waals surface area contributed by atoms with Crippen LogP contribution in [-0.4, -0.2) is 41.1 Å². The molecular weight excluding hydrogens is 432 g/mol. The van der Waals surface area contributed by atoms with E-state index in [1.165, 1.54) is 11.3 Å². The molecule has 0 N–H and O–H groups in total. The number of benzene rings is 2. The molecule has 2 aromatic carbocycles. The first-order valence-corrected chi connectivity index (χ1v) is 9.54. The third kappa shape index (κ3) is 3.13. The SMILES string of the molecule is COc1cc(-c2nn3c(-c4ccc(Br)cc4)nnc3s2)cc(OC)c1OC. The van der Waals surface area contributed by atoms with Gasteiger partial charge in [-0.25, -0.2) is 0 Å². The molecule has 7 nitrogen and oxygen atoms in total. The van der Waals surface area contributed by atoms with E-state index < -0.39 is 0 Å². The lowest BCUT2D eigenvalue weighted by Crippen LogP contribution is -1.96. The molecule has 4 aromatic rings. The third-order valence-electron chi connectivity index (χ3n) is 4.00. The summed E-state index contributed by atoms with van der Waals surface area (Å²) < 4.78 is 19.0. The Labute approximate surface area is 167 Å². The topological polar surface area (TPSA) is 70.8 Å². The Balaban J connectivity index is 1.82. The highest BCUT2D eigenvalue weighted by Crippen LogP contribution is 2.42. The predicted molar refractivity (Wildman–Crippen MR) is 107 cm³/mol. The highest BCUT2D eigenvalue weighted by molar-refractivity contribution is 9.10. The van der Waals surface area contributed by atoms with Gasteiger partial charge in [0.15, 0.2) is 17.3 Å². The van der Waals surface area contributed by atoms with Crippen LogP contribution in [0.15, 0.2) is 40.9 Å². The molecule has 0 fully saturated rings. The van der Waals surface area contributed by atoms with Gasteiger partial charge < -0.3 is 14.2 Å². The second kappa shape index (κ2) is 7.16. The van der Waals surface area contributed by atoms with Gasteiger partial charge in [0.05, 0.1) is 21.3 Å². The van der Waals surface area contributed by atoms with Crippen molar-refractivity contribution in [1.29, 1.82) is 0 Å². The van der Waals surface area contributed by atoms with Gasteiger partial charge in [0.25, 0.3) is 0 Å². The van der Waals surface area contributed by atoms with E-state index in [0.29, 0.717) is 28.0 Å². The molecule has 0 atom stereocenters. The van der Waals surface area contributed by atoms with Crippen molar-refractivity contribution in [3.05, 3.63) is 40.9 Å². The highest BCUT2D eigenvalue weighted by atomic mass is 79.9. The van der Waals surface area contributed by atoms with Crippen LogP contribution in [0.3, 0.4) is 0 Å². The Kier molecular flexibility index (Phi) is 4.71. The minimum Gasteiger partial charge on any atom is -0.493 e. The van der Waals surface area contributed by atoms with Crippen molar-refractivity contribution in [3.63, 3.8) is 0 Å². The minimum atomic E-state index is 0.544. The molecule has 4 rings (SSSR count). The van der Waals surface area contributed by atoms with Gasteiger partial charge in [0, 0.05) is 15.6 Å². The summed E-state index contributed by atoms with van der Waals surface area (Å²) in [7, 11) is 4.75. The largest absolute Gasteiger partial charge is 0.493 e. The molecule has 0 radical (unpaired) electrons. The number of aromatic nitrogens is 4. The summed E-state index contributed by atoms with van der Waals surface area (Å²) in [6.45, 7) is 0. The molecule has 2 heterocycles. The number of halogens is 1. The standard InChI is InChI=1S/C18H15BrN4O3S/c1-24-13-8-11(9-14(25-2)15(13)26-3)17-22-23-16(20-21-18(23)27-17)10-4-6-12(19)7-5-10/h4-9H,1-3H3. The molecule has 0 aliphatic rings. The van der Waals surface area contributed by atoms with Crippen LogP contribution in [0.1, 0.15) is 0 Å². The number of methoxy groups -OCH3 is 3. The van der Waals surface area contributed by atoms with E-state index in [2.05, 4.69) is 26.1 Å². The monoisotopic (exact) mass is 446 g/mol. The Morgan fingerprint density at radius 2 is 1.56 bits per heavy atom. The number of hydrogen-bond acceptors (Lipinski definition) is 7. The van der Waals surface area contributed by atoms with Gasteiger partial charge in [-0.05, 0) is 24.3 Å². The Morgan fingerprint density at radius 3 is 2.15 bits per heavy atom. The molecule has 27 heavy (non-hydrogen) atoms.